The molecule has 0 bridgehead atoms. The summed E-state index contributed by atoms with van der Waals surface area (Å²) in [6.45, 7) is 2.35. The molecule has 5 heteroatoms. The second kappa shape index (κ2) is 6.18. The quantitative estimate of drug-likeness (QED) is 0.872. The van der Waals surface area contributed by atoms with Crippen LogP contribution in [0.4, 0.5) is 0 Å². The van der Waals surface area contributed by atoms with Crippen LogP contribution in [0.15, 0.2) is 40.9 Å². The van der Waals surface area contributed by atoms with Crippen molar-refractivity contribution < 1.29 is 4.79 Å². The van der Waals surface area contributed by atoms with Gasteiger partial charge in [-0.2, -0.15) is 0 Å². The summed E-state index contributed by atoms with van der Waals surface area (Å²) < 4.78 is 0.784. The highest BCUT2D eigenvalue weighted by Gasteiger charge is 2.11. The van der Waals surface area contributed by atoms with Gasteiger partial charge in [0.25, 0.3) is 5.91 Å². The van der Waals surface area contributed by atoms with Crippen LogP contribution in [-0.2, 0) is 19.6 Å². The molecule has 0 unspecified atom stereocenters. The zero-order valence-corrected chi connectivity index (χ0v) is 13.6. The summed E-state index contributed by atoms with van der Waals surface area (Å²) in [4.78, 5) is 12.1. The van der Waals surface area contributed by atoms with E-state index in [0.29, 0.717) is 17.1 Å². The van der Waals surface area contributed by atoms with Crippen LogP contribution in [0.2, 0.25) is 5.02 Å². The minimum absolute atomic E-state index is 0.122. The van der Waals surface area contributed by atoms with Gasteiger partial charge in [-0.3, -0.25) is 4.79 Å². The van der Waals surface area contributed by atoms with E-state index in [1.54, 1.807) is 18.2 Å². The number of amides is 1. The fourth-order valence-corrected chi connectivity index (χ4v) is 2.81. The summed E-state index contributed by atoms with van der Waals surface area (Å²) in [5.74, 6) is -0.122. The number of rotatable bonds is 3. The molecule has 0 saturated carbocycles. The lowest BCUT2D eigenvalue weighted by Gasteiger charge is -2.08. The number of hydrogen-bond acceptors (Lipinski definition) is 2. The molecule has 3 rings (SSSR count). The highest BCUT2D eigenvalue weighted by atomic mass is 79.9. The van der Waals surface area contributed by atoms with Crippen molar-refractivity contribution >= 4 is 33.4 Å². The van der Waals surface area contributed by atoms with Gasteiger partial charge < -0.3 is 10.6 Å². The number of benzene rings is 2. The van der Waals surface area contributed by atoms with Gasteiger partial charge in [0.15, 0.2) is 0 Å². The zero-order chi connectivity index (χ0) is 14.8. The predicted octanol–water partition coefficient (Wildman–Crippen LogP) is 3.64. The van der Waals surface area contributed by atoms with Crippen molar-refractivity contribution in [3.63, 3.8) is 0 Å². The van der Waals surface area contributed by atoms with E-state index in [1.165, 1.54) is 11.1 Å². The van der Waals surface area contributed by atoms with Crippen LogP contribution < -0.4 is 10.6 Å². The third-order valence-corrected chi connectivity index (χ3v) is 4.77. The third-order valence-electron chi connectivity index (χ3n) is 3.54. The average Bonchev–Trinajstić information content (AvgIpc) is 2.95. The molecule has 1 aliphatic rings. The first-order valence-electron chi connectivity index (χ1n) is 6.68. The van der Waals surface area contributed by atoms with Crippen molar-refractivity contribution in [2.24, 2.45) is 0 Å². The first-order chi connectivity index (χ1) is 10.1. The Labute approximate surface area is 136 Å². The summed E-state index contributed by atoms with van der Waals surface area (Å²) in [6.07, 6.45) is 0. The van der Waals surface area contributed by atoms with Crippen molar-refractivity contribution in [3.05, 3.63) is 68.1 Å². The Balaban J connectivity index is 1.67. The Hall–Kier alpha value is -1.36. The highest BCUT2D eigenvalue weighted by Crippen LogP contribution is 2.23. The highest BCUT2D eigenvalue weighted by molar-refractivity contribution is 9.10. The first-order valence-corrected chi connectivity index (χ1v) is 7.85. The zero-order valence-electron chi connectivity index (χ0n) is 11.2. The summed E-state index contributed by atoms with van der Waals surface area (Å²) in [5.41, 5.74) is 4.32. The minimum Gasteiger partial charge on any atom is -0.348 e. The summed E-state index contributed by atoms with van der Waals surface area (Å²) in [7, 11) is 0. The Bertz CT molecular complexity index is 703. The molecule has 0 atom stereocenters. The van der Waals surface area contributed by atoms with Gasteiger partial charge >= 0.3 is 0 Å². The van der Waals surface area contributed by atoms with Crippen molar-refractivity contribution in [2.75, 3.05) is 0 Å². The van der Waals surface area contributed by atoms with Crippen LogP contribution >= 0.6 is 27.5 Å². The molecule has 0 saturated heterocycles. The first kappa shape index (κ1) is 14.6. The molecule has 2 aromatic carbocycles. The van der Waals surface area contributed by atoms with E-state index in [2.05, 4.69) is 44.8 Å². The molecule has 3 nitrogen and oxygen atoms in total. The molecule has 2 N–H and O–H groups in total. The minimum atomic E-state index is -0.122. The maximum absolute atomic E-state index is 12.1. The van der Waals surface area contributed by atoms with Gasteiger partial charge in [-0.25, -0.2) is 0 Å². The van der Waals surface area contributed by atoms with Gasteiger partial charge in [0.2, 0.25) is 0 Å². The second-order valence-electron chi connectivity index (χ2n) is 5.02. The van der Waals surface area contributed by atoms with Gasteiger partial charge in [0.05, 0.1) is 5.02 Å². The maximum Gasteiger partial charge on any atom is 0.251 e. The molecule has 2 aromatic rings. The fourth-order valence-electron chi connectivity index (χ4n) is 2.38. The normalized spacial score (nSPS) is 13.0. The molecule has 1 amide bonds. The molecule has 0 spiro atoms. The Morgan fingerprint density at radius 2 is 2.00 bits per heavy atom. The molecule has 21 heavy (non-hydrogen) atoms. The fraction of sp³-hybridized carbons (Fsp3) is 0.188. The van der Waals surface area contributed by atoms with Gasteiger partial charge in [-0.15, -0.1) is 0 Å². The van der Waals surface area contributed by atoms with Crippen molar-refractivity contribution in [3.8, 4) is 0 Å². The van der Waals surface area contributed by atoms with E-state index in [4.69, 9.17) is 11.6 Å². The van der Waals surface area contributed by atoms with Crippen LogP contribution in [0.5, 0.6) is 0 Å². The molecular formula is C16H14BrClN2O. The van der Waals surface area contributed by atoms with Crippen LogP contribution in [0.3, 0.4) is 0 Å². The number of carbonyl (C=O) groups excluding carboxylic acids is 1. The van der Waals surface area contributed by atoms with Crippen molar-refractivity contribution in [1.82, 2.24) is 10.6 Å². The average molecular weight is 366 g/mol. The Morgan fingerprint density at radius 3 is 2.81 bits per heavy atom. The summed E-state index contributed by atoms with van der Waals surface area (Å²) in [5, 5.41) is 6.76. The molecular weight excluding hydrogens is 352 g/mol. The molecule has 0 aliphatic carbocycles. The van der Waals surface area contributed by atoms with Crippen molar-refractivity contribution in [2.45, 2.75) is 19.6 Å². The van der Waals surface area contributed by atoms with Gasteiger partial charge in [-0.1, -0.05) is 29.8 Å². The number of nitrogens with one attached hydrogen (secondary N) is 2. The monoisotopic (exact) mass is 364 g/mol. The molecule has 0 aromatic heterocycles. The molecule has 1 heterocycles. The third kappa shape index (κ3) is 3.28. The molecule has 0 fully saturated rings. The van der Waals surface area contributed by atoms with E-state index in [1.807, 2.05) is 0 Å². The van der Waals surface area contributed by atoms with E-state index in [0.717, 1.165) is 23.1 Å². The van der Waals surface area contributed by atoms with Gasteiger partial charge in [0, 0.05) is 29.7 Å². The van der Waals surface area contributed by atoms with Gasteiger partial charge in [-0.05, 0) is 50.8 Å². The number of carbonyl (C=O) groups is 1. The largest absolute Gasteiger partial charge is 0.348 e. The van der Waals surface area contributed by atoms with Crippen LogP contribution in [0, 0.1) is 0 Å². The Morgan fingerprint density at radius 1 is 1.19 bits per heavy atom. The van der Waals surface area contributed by atoms with E-state index in [9.17, 15) is 4.79 Å². The van der Waals surface area contributed by atoms with E-state index < -0.39 is 0 Å². The van der Waals surface area contributed by atoms with Crippen molar-refractivity contribution in [1.29, 1.82) is 0 Å². The SMILES string of the molecule is O=C(NCc1ccc2c(c1)CNC2)c1ccc(Br)c(Cl)c1. The lowest BCUT2D eigenvalue weighted by Crippen LogP contribution is -2.22. The molecule has 108 valence electrons. The molecule has 0 radical (unpaired) electrons. The smallest absolute Gasteiger partial charge is 0.251 e. The summed E-state index contributed by atoms with van der Waals surface area (Å²) in [6, 6.07) is 11.5. The number of fused-ring (bicyclic) bond motifs is 1. The lowest BCUT2D eigenvalue weighted by atomic mass is 10.1. The summed E-state index contributed by atoms with van der Waals surface area (Å²) >= 11 is 9.32. The second-order valence-corrected chi connectivity index (χ2v) is 6.28. The van der Waals surface area contributed by atoms with Crippen LogP contribution in [0.1, 0.15) is 27.0 Å². The lowest BCUT2D eigenvalue weighted by molar-refractivity contribution is 0.0951. The predicted molar refractivity (Wildman–Crippen MR) is 87.3 cm³/mol. The Kier molecular flexibility index (Phi) is 4.29. The standard InChI is InChI=1S/C16H14BrClN2O/c17-14-4-3-11(6-15(14)18)16(21)20-7-10-1-2-12-8-19-9-13(12)5-10/h1-6,19H,7-9H2,(H,20,21). The van der Waals surface area contributed by atoms with E-state index >= 15 is 0 Å². The van der Waals surface area contributed by atoms with E-state index in [-0.39, 0.29) is 5.91 Å². The molecule has 1 aliphatic heterocycles. The topological polar surface area (TPSA) is 41.1 Å². The maximum atomic E-state index is 12.1. The van der Waals surface area contributed by atoms with Crippen LogP contribution in [0.25, 0.3) is 0 Å². The number of halogens is 2. The number of hydrogen-bond donors (Lipinski definition) is 2. The van der Waals surface area contributed by atoms with Crippen LogP contribution in [-0.4, -0.2) is 5.91 Å². The van der Waals surface area contributed by atoms with Gasteiger partial charge in [0.1, 0.15) is 0 Å².